The topological polar surface area (TPSA) is 102 Å². The average molecular weight is 360 g/mol. The molecule has 7 nitrogen and oxygen atoms in total. The molecule has 9 heteroatoms. The van der Waals surface area contributed by atoms with Gasteiger partial charge < -0.3 is 10.1 Å². The molecule has 0 aliphatic rings. The molecule has 0 fully saturated rings. The molecule has 0 heterocycles. The van der Waals surface area contributed by atoms with Crippen LogP contribution in [0.15, 0.2) is 29.2 Å². The molecule has 0 saturated heterocycles. The van der Waals surface area contributed by atoms with Crippen LogP contribution in [0, 0.1) is 5.82 Å². The number of carbonyl (C=O) groups excluding carboxylic acids is 2. The number of rotatable bonds is 9. The molecule has 24 heavy (non-hydrogen) atoms. The van der Waals surface area contributed by atoms with Crippen molar-refractivity contribution in [2.45, 2.75) is 37.6 Å². The number of sulfonamides is 1. The van der Waals surface area contributed by atoms with E-state index in [4.69, 9.17) is 4.74 Å². The van der Waals surface area contributed by atoms with Gasteiger partial charge in [0.1, 0.15) is 12.4 Å². The Labute approximate surface area is 140 Å². The Bertz CT molecular complexity index is 661. The van der Waals surface area contributed by atoms with Crippen LogP contribution in [0.4, 0.5) is 4.39 Å². The molecule has 0 aliphatic heterocycles. The van der Waals surface area contributed by atoms with Gasteiger partial charge in [0, 0.05) is 6.04 Å². The maximum Gasteiger partial charge on any atom is 0.321 e. The van der Waals surface area contributed by atoms with Gasteiger partial charge in [0.2, 0.25) is 10.0 Å². The van der Waals surface area contributed by atoms with E-state index in [1.165, 1.54) is 0 Å². The predicted octanol–water partition coefficient (Wildman–Crippen LogP) is 0.952. The van der Waals surface area contributed by atoms with E-state index in [2.05, 4.69) is 5.32 Å². The Kier molecular flexibility index (Phi) is 7.80. The summed E-state index contributed by atoms with van der Waals surface area (Å²) in [6.07, 6.45) is 1.71. The van der Waals surface area contributed by atoms with Crippen LogP contribution < -0.4 is 10.0 Å². The minimum atomic E-state index is -3.96. The molecule has 1 aromatic rings. The molecule has 0 aliphatic carbocycles. The molecular weight excluding hydrogens is 339 g/mol. The first-order chi connectivity index (χ1) is 11.2. The smallest absolute Gasteiger partial charge is 0.321 e. The number of amides is 1. The number of hydrogen-bond acceptors (Lipinski definition) is 5. The number of hydrogen-bond donors (Lipinski definition) is 2. The Hall–Kier alpha value is -2.00. The molecule has 0 bridgehead atoms. The van der Waals surface area contributed by atoms with E-state index in [0.29, 0.717) is 0 Å². The standard InChI is InChI=1S/C15H21FN2O5S/c1-3-4-11(2)18-14(19)10-23-15(20)9-17-24(21,22)13-7-5-12(16)6-8-13/h5-8,11,17H,3-4,9-10H2,1-2H3,(H,18,19)/t11-/m1/s1. The summed E-state index contributed by atoms with van der Waals surface area (Å²) in [4.78, 5) is 22.8. The maximum atomic E-state index is 12.8. The van der Waals surface area contributed by atoms with Crippen LogP contribution in [0.25, 0.3) is 0 Å². The Morgan fingerprint density at radius 3 is 2.46 bits per heavy atom. The molecule has 1 rings (SSSR count). The Balaban J connectivity index is 2.40. The predicted molar refractivity (Wildman–Crippen MR) is 85.1 cm³/mol. The van der Waals surface area contributed by atoms with Gasteiger partial charge >= 0.3 is 5.97 Å². The second-order valence-corrected chi connectivity index (χ2v) is 6.96. The van der Waals surface area contributed by atoms with Crippen molar-refractivity contribution in [3.63, 3.8) is 0 Å². The van der Waals surface area contributed by atoms with E-state index in [1.54, 1.807) is 0 Å². The van der Waals surface area contributed by atoms with E-state index in [-0.39, 0.29) is 10.9 Å². The van der Waals surface area contributed by atoms with E-state index in [9.17, 15) is 22.4 Å². The van der Waals surface area contributed by atoms with Crippen molar-refractivity contribution >= 4 is 21.9 Å². The van der Waals surface area contributed by atoms with E-state index < -0.39 is 40.9 Å². The molecule has 0 radical (unpaired) electrons. The van der Waals surface area contributed by atoms with Gasteiger partial charge in [0.25, 0.3) is 5.91 Å². The normalized spacial score (nSPS) is 12.5. The lowest BCUT2D eigenvalue weighted by Gasteiger charge is -2.12. The lowest BCUT2D eigenvalue weighted by Crippen LogP contribution is -2.37. The fourth-order valence-corrected chi connectivity index (χ4v) is 2.84. The van der Waals surface area contributed by atoms with E-state index >= 15 is 0 Å². The minimum Gasteiger partial charge on any atom is -0.455 e. The largest absolute Gasteiger partial charge is 0.455 e. The third-order valence-electron chi connectivity index (χ3n) is 3.02. The summed E-state index contributed by atoms with van der Waals surface area (Å²) < 4.78 is 43.3. The van der Waals surface area contributed by atoms with Crippen LogP contribution >= 0.6 is 0 Å². The van der Waals surface area contributed by atoms with Crippen LogP contribution in [-0.2, 0) is 24.3 Å². The Morgan fingerprint density at radius 2 is 1.88 bits per heavy atom. The number of nitrogens with one attached hydrogen (secondary N) is 2. The molecule has 0 spiro atoms. The number of benzene rings is 1. The van der Waals surface area contributed by atoms with Crippen molar-refractivity contribution < 1.29 is 27.1 Å². The van der Waals surface area contributed by atoms with Gasteiger partial charge in [-0.2, -0.15) is 4.72 Å². The summed E-state index contributed by atoms with van der Waals surface area (Å²) in [6.45, 7) is 2.71. The summed E-state index contributed by atoms with van der Waals surface area (Å²) in [6, 6.07) is 4.11. The third kappa shape index (κ3) is 7.05. The van der Waals surface area contributed by atoms with Gasteiger partial charge in [0.15, 0.2) is 6.61 Å². The van der Waals surface area contributed by atoms with Crippen LogP contribution in [0.5, 0.6) is 0 Å². The zero-order valence-electron chi connectivity index (χ0n) is 13.5. The Morgan fingerprint density at radius 1 is 1.25 bits per heavy atom. The summed E-state index contributed by atoms with van der Waals surface area (Å²) in [5, 5.41) is 2.65. The van der Waals surface area contributed by atoms with Crippen LogP contribution in [0.2, 0.25) is 0 Å². The number of halogens is 1. The molecule has 1 aromatic carbocycles. The molecule has 0 unspecified atom stereocenters. The highest BCUT2D eigenvalue weighted by molar-refractivity contribution is 7.89. The third-order valence-corrected chi connectivity index (χ3v) is 4.44. The highest BCUT2D eigenvalue weighted by Gasteiger charge is 2.17. The van der Waals surface area contributed by atoms with Gasteiger partial charge in [-0.05, 0) is 37.6 Å². The molecular formula is C15H21FN2O5S. The van der Waals surface area contributed by atoms with Crippen molar-refractivity contribution in [1.29, 1.82) is 0 Å². The number of ether oxygens (including phenoxy) is 1. The first kappa shape index (κ1) is 20.0. The van der Waals surface area contributed by atoms with Crippen LogP contribution in [0.3, 0.4) is 0 Å². The van der Waals surface area contributed by atoms with Crippen LogP contribution in [0.1, 0.15) is 26.7 Å². The van der Waals surface area contributed by atoms with Crippen molar-refractivity contribution in [2.24, 2.45) is 0 Å². The summed E-state index contributed by atoms with van der Waals surface area (Å²) >= 11 is 0. The van der Waals surface area contributed by atoms with Gasteiger partial charge in [-0.25, -0.2) is 12.8 Å². The van der Waals surface area contributed by atoms with Crippen molar-refractivity contribution in [2.75, 3.05) is 13.2 Å². The molecule has 0 aromatic heterocycles. The SMILES string of the molecule is CCC[C@@H](C)NC(=O)COC(=O)CNS(=O)(=O)c1ccc(F)cc1. The molecule has 1 amide bonds. The fraction of sp³-hybridized carbons (Fsp3) is 0.467. The number of carbonyl (C=O) groups is 2. The lowest BCUT2D eigenvalue weighted by molar-refractivity contribution is -0.147. The monoisotopic (exact) mass is 360 g/mol. The zero-order chi connectivity index (χ0) is 18.2. The minimum absolute atomic E-state index is 0.0295. The second-order valence-electron chi connectivity index (χ2n) is 5.20. The van der Waals surface area contributed by atoms with Gasteiger partial charge in [-0.3, -0.25) is 9.59 Å². The summed E-state index contributed by atoms with van der Waals surface area (Å²) in [7, 11) is -3.96. The zero-order valence-corrected chi connectivity index (χ0v) is 14.4. The van der Waals surface area contributed by atoms with Gasteiger partial charge in [-0.15, -0.1) is 0 Å². The van der Waals surface area contributed by atoms with Crippen molar-refractivity contribution in [3.8, 4) is 0 Å². The van der Waals surface area contributed by atoms with Gasteiger partial charge in [-0.1, -0.05) is 13.3 Å². The molecule has 134 valence electrons. The van der Waals surface area contributed by atoms with Crippen LogP contribution in [-0.4, -0.2) is 39.5 Å². The highest BCUT2D eigenvalue weighted by atomic mass is 32.2. The number of esters is 1. The van der Waals surface area contributed by atoms with E-state index in [1.807, 2.05) is 18.6 Å². The maximum absolute atomic E-state index is 12.8. The molecule has 1 atom stereocenters. The van der Waals surface area contributed by atoms with Crippen molar-refractivity contribution in [3.05, 3.63) is 30.1 Å². The first-order valence-corrected chi connectivity index (χ1v) is 8.93. The first-order valence-electron chi connectivity index (χ1n) is 7.45. The molecule has 2 N–H and O–H groups in total. The fourth-order valence-electron chi connectivity index (χ4n) is 1.87. The van der Waals surface area contributed by atoms with E-state index in [0.717, 1.165) is 37.1 Å². The molecule has 0 saturated carbocycles. The lowest BCUT2D eigenvalue weighted by atomic mass is 10.2. The quantitative estimate of drug-likeness (QED) is 0.639. The average Bonchev–Trinajstić information content (AvgIpc) is 2.51. The summed E-state index contributed by atoms with van der Waals surface area (Å²) in [5.41, 5.74) is 0. The second kappa shape index (κ2) is 9.33. The van der Waals surface area contributed by atoms with Crippen molar-refractivity contribution in [1.82, 2.24) is 10.0 Å². The highest BCUT2D eigenvalue weighted by Crippen LogP contribution is 2.09. The summed E-state index contributed by atoms with van der Waals surface area (Å²) in [5.74, 6) is -1.92. The van der Waals surface area contributed by atoms with Gasteiger partial charge in [0.05, 0.1) is 4.90 Å².